The van der Waals surface area contributed by atoms with Gasteiger partial charge in [0.1, 0.15) is 22.3 Å². The van der Waals surface area contributed by atoms with E-state index in [-0.39, 0.29) is 0 Å². The zero-order valence-electron chi connectivity index (χ0n) is 21.9. The lowest BCUT2D eigenvalue weighted by Gasteiger charge is -2.17. The van der Waals surface area contributed by atoms with Gasteiger partial charge in [-0.25, -0.2) is 0 Å². The van der Waals surface area contributed by atoms with E-state index in [4.69, 9.17) is 14.2 Å². The number of aromatic nitrogens is 1. The molecule has 0 spiro atoms. The molecule has 6 aromatic carbocycles. The molecule has 0 radical (unpaired) electrons. The smallest absolute Gasteiger partial charge is 0.137 e. The van der Waals surface area contributed by atoms with Crippen LogP contribution in [-0.4, -0.2) is 10.8 Å². The van der Waals surface area contributed by atoms with Crippen LogP contribution in [0, 0.1) is 5.41 Å². The Morgan fingerprint density at radius 1 is 0.537 bits per heavy atom. The molecule has 0 fully saturated rings. The molecule has 4 heteroatoms. The lowest BCUT2D eigenvalue weighted by atomic mass is 9.96. The predicted molar refractivity (Wildman–Crippen MR) is 169 cm³/mol. The van der Waals surface area contributed by atoms with Crippen molar-refractivity contribution < 1.29 is 8.83 Å². The molecule has 9 aromatic rings. The Hall–Kier alpha value is -5.61. The first kappa shape index (κ1) is 22.2. The molecular weight excluding hydrogens is 504 g/mol. The van der Waals surface area contributed by atoms with Crippen molar-refractivity contribution in [2.75, 3.05) is 0 Å². The molecule has 0 aliphatic carbocycles. The molecule has 0 saturated heterocycles. The molecule has 4 nitrogen and oxygen atoms in total. The number of fused-ring (bicyclic) bond motifs is 10. The molecular formula is C37H22N2O2. The summed E-state index contributed by atoms with van der Waals surface area (Å²) in [5, 5.41) is 15.1. The Balaban J connectivity index is 1.45. The predicted octanol–water partition coefficient (Wildman–Crippen LogP) is 10.2. The number of hydrogen-bond donors (Lipinski definition) is 1. The normalized spacial score (nSPS) is 12.0. The van der Waals surface area contributed by atoms with E-state index >= 15 is 0 Å². The van der Waals surface area contributed by atoms with Gasteiger partial charge >= 0.3 is 0 Å². The SMILES string of the molecule is N=Cc1cccc(-n2c3ccccc3c3ccc4oc5ccccc5c4c32)c1-c1ccc2oc3ccccc3c2c1. The third-order valence-corrected chi connectivity index (χ3v) is 8.31. The summed E-state index contributed by atoms with van der Waals surface area (Å²) in [6.07, 6.45) is 1.45. The number of para-hydroxylation sites is 3. The number of hydrogen-bond acceptors (Lipinski definition) is 3. The summed E-state index contributed by atoms with van der Waals surface area (Å²) in [6, 6.07) is 41.7. The van der Waals surface area contributed by atoms with Gasteiger partial charge in [-0.05, 0) is 54.1 Å². The molecule has 192 valence electrons. The summed E-state index contributed by atoms with van der Waals surface area (Å²) in [5.74, 6) is 0. The van der Waals surface area contributed by atoms with Crippen LogP contribution < -0.4 is 0 Å². The van der Waals surface area contributed by atoms with E-state index in [0.29, 0.717) is 0 Å². The number of nitrogens with zero attached hydrogens (tertiary/aromatic N) is 1. The number of nitrogens with one attached hydrogen (secondary N) is 1. The average Bonchev–Trinajstić information content (AvgIpc) is 3.69. The maximum atomic E-state index is 8.39. The largest absolute Gasteiger partial charge is 0.456 e. The summed E-state index contributed by atoms with van der Waals surface area (Å²) < 4.78 is 14.8. The molecule has 0 aliphatic heterocycles. The van der Waals surface area contributed by atoms with E-state index in [0.717, 1.165) is 77.3 Å². The van der Waals surface area contributed by atoms with Gasteiger partial charge in [0.2, 0.25) is 0 Å². The monoisotopic (exact) mass is 526 g/mol. The fourth-order valence-corrected chi connectivity index (χ4v) is 6.58. The zero-order chi connectivity index (χ0) is 27.1. The molecule has 1 N–H and O–H groups in total. The van der Waals surface area contributed by atoms with Crippen LogP contribution in [0.5, 0.6) is 0 Å². The first-order valence-corrected chi connectivity index (χ1v) is 13.7. The van der Waals surface area contributed by atoms with E-state index < -0.39 is 0 Å². The maximum Gasteiger partial charge on any atom is 0.137 e. The highest BCUT2D eigenvalue weighted by molar-refractivity contribution is 6.24. The fourth-order valence-electron chi connectivity index (χ4n) is 6.58. The molecule has 0 bridgehead atoms. The second-order valence-electron chi connectivity index (χ2n) is 10.5. The van der Waals surface area contributed by atoms with Crippen LogP contribution in [0.15, 0.2) is 130 Å². The van der Waals surface area contributed by atoms with Gasteiger partial charge in [0.05, 0.1) is 22.1 Å². The van der Waals surface area contributed by atoms with Crippen LogP contribution in [0.2, 0.25) is 0 Å². The minimum Gasteiger partial charge on any atom is -0.456 e. The van der Waals surface area contributed by atoms with E-state index in [2.05, 4.69) is 77.4 Å². The summed E-state index contributed by atoms with van der Waals surface area (Å²) in [6.45, 7) is 0. The highest BCUT2D eigenvalue weighted by Gasteiger charge is 2.22. The topological polar surface area (TPSA) is 55.1 Å². The molecule has 0 unspecified atom stereocenters. The minimum atomic E-state index is 0.852. The number of furan rings is 2. The first-order valence-electron chi connectivity index (χ1n) is 13.7. The first-order chi connectivity index (χ1) is 20.3. The standard InChI is InChI=1S/C37H22N2O2/c38-21-23-8-7-13-30(35(23)22-16-18-33-28(20-22)25-10-2-5-14-31(25)40-33)39-29-12-4-1-9-24(29)26-17-19-34-36(37(26)39)27-11-3-6-15-32(27)41-34/h1-21,38H. The van der Waals surface area contributed by atoms with Crippen LogP contribution in [0.4, 0.5) is 0 Å². The van der Waals surface area contributed by atoms with Gasteiger partial charge in [0.15, 0.2) is 0 Å². The highest BCUT2D eigenvalue weighted by atomic mass is 16.3. The molecule has 0 atom stereocenters. The fraction of sp³-hybridized carbons (Fsp3) is 0. The van der Waals surface area contributed by atoms with E-state index in [9.17, 15) is 0 Å². The summed E-state index contributed by atoms with van der Waals surface area (Å²) in [7, 11) is 0. The molecule has 3 heterocycles. The van der Waals surface area contributed by atoms with Gasteiger partial charge in [0.25, 0.3) is 0 Å². The van der Waals surface area contributed by atoms with Gasteiger partial charge in [-0.2, -0.15) is 0 Å². The summed E-state index contributed by atoms with van der Waals surface area (Å²) in [5.41, 5.74) is 9.58. The van der Waals surface area contributed by atoms with Crippen LogP contribution in [0.1, 0.15) is 5.56 Å². The molecule has 0 saturated carbocycles. The van der Waals surface area contributed by atoms with Crippen molar-refractivity contribution >= 4 is 71.9 Å². The molecule has 0 amide bonds. The Kier molecular flexibility index (Phi) is 4.44. The third-order valence-electron chi connectivity index (χ3n) is 8.31. The van der Waals surface area contributed by atoms with Crippen LogP contribution in [-0.2, 0) is 0 Å². The van der Waals surface area contributed by atoms with E-state index in [1.165, 1.54) is 17.0 Å². The van der Waals surface area contributed by atoms with E-state index in [1.807, 2.05) is 48.5 Å². The number of benzene rings is 6. The summed E-state index contributed by atoms with van der Waals surface area (Å²) >= 11 is 0. The Morgan fingerprint density at radius 3 is 2.07 bits per heavy atom. The lowest BCUT2D eigenvalue weighted by molar-refractivity contribution is 0.668. The second kappa shape index (κ2) is 8.20. The molecule has 41 heavy (non-hydrogen) atoms. The molecule has 9 rings (SSSR count). The van der Waals surface area contributed by atoms with Crippen molar-refractivity contribution in [1.29, 1.82) is 5.41 Å². The van der Waals surface area contributed by atoms with Gasteiger partial charge in [-0.1, -0.05) is 72.8 Å². The number of rotatable bonds is 3. The Morgan fingerprint density at radius 2 is 1.22 bits per heavy atom. The van der Waals surface area contributed by atoms with Crippen LogP contribution in [0.25, 0.3) is 82.5 Å². The highest BCUT2D eigenvalue weighted by Crippen LogP contribution is 2.43. The van der Waals surface area contributed by atoms with Gasteiger partial charge in [0, 0.05) is 44.3 Å². The van der Waals surface area contributed by atoms with Gasteiger partial charge in [-0.3, -0.25) is 0 Å². The van der Waals surface area contributed by atoms with Crippen molar-refractivity contribution in [2.24, 2.45) is 0 Å². The van der Waals surface area contributed by atoms with Crippen LogP contribution in [0.3, 0.4) is 0 Å². The second-order valence-corrected chi connectivity index (χ2v) is 10.5. The van der Waals surface area contributed by atoms with Crippen molar-refractivity contribution in [3.05, 3.63) is 127 Å². The van der Waals surface area contributed by atoms with E-state index in [1.54, 1.807) is 0 Å². The third kappa shape index (κ3) is 3.02. The maximum absolute atomic E-state index is 8.39. The quantitative estimate of drug-likeness (QED) is 0.233. The van der Waals surface area contributed by atoms with Crippen molar-refractivity contribution in [3.8, 4) is 16.8 Å². The van der Waals surface area contributed by atoms with Gasteiger partial charge in [-0.15, -0.1) is 0 Å². The summed E-state index contributed by atoms with van der Waals surface area (Å²) in [4.78, 5) is 0. The average molecular weight is 527 g/mol. The zero-order valence-corrected chi connectivity index (χ0v) is 21.9. The van der Waals surface area contributed by atoms with Gasteiger partial charge < -0.3 is 18.8 Å². The van der Waals surface area contributed by atoms with Crippen molar-refractivity contribution in [1.82, 2.24) is 4.57 Å². The molecule has 0 aliphatic rings. The molecule has 3 aromatic heterocycles. The Labute approximate surface area is 234 Å². The van der Waals surface area contributed by atoms with Crippen molar-refractivity contribution in [2.45, 2.75) is 0 Å². The Bertz CT molecular complexity index is 2510. The minimum absolute atomic E-state index is 0.852. The van der Waals surface area contributed by atoms with Crippen LogP contribution >= 0.6 is 0 Å². The lowest BCUT2D eigenvalue weighted by Crippen LogP contribution is -2.00. The van der Waals surface area contributed by atoms with Crippen molar-refractivity contribution in [3.63, 3.8) is 0 Å².